The summed E-state index contributed by atoms with van der Waals surface area (Å²) in [5.41, 5.74) is 5.42. The van der Waals surface area contributed by atoms with E-state index in [9.17, 15) is 0 Å². The van der Waals surface area contributed by atoms with Crippen molar-refractivity contribution in [2.75, 3.05) is 51.4 Å². The summed E-state index contributed by atoms with van der Waals surface area (Å²) in [6, 6.07) is 8.41. The Balaban J connectivity index is 1.41. The van der Waals surface area contributed by atoms with Crippen LogP contribution in [0.2, 0.25) is 0 Å². The SMILES string of the molecule is COCCCOc1ccnc(CSc2nc3cc(N4CCNCC4)ccc3[nH]2)c1C. The van der Waals surface area contributed by atoms with Gasteiger partial charge in [-0.3, -0.25) is 4.98 Å². The normalized spacial score (nSPS) is 14.4. The van der Waals surface area contributed by atoms with E-state index in [1.165, 1.54) is 5.69 Å². The van der Waals surface area contributed by atoms with Crippen molar-refractivity contribution in [2.45, 2.75) is 24.3 Å². The molecule has 0 radical (unpaired) electrons. The molecule has 0 aliphatic carbocycles. The molecule has 0 atom stereocenters. The first kappa shape index (κ1) is 21.0. The highest BCUT2D eigenvalue weighted by atomic mass is 32.2. The molecular formula is C22H29N5O2S. The summed E-state index contributed by atoms with van der Waals surface area (Å²) < 4.78 is 11.0. The van der Waals surface area contributed by atoms with E-state index in [0.717, 1.165) is 71.5 Å². The average Bonchev–Trinajstić information content (AvgIpc) is 3.19. The van der Waals surface area contributed by atoms with Gasteiger partial charge in [0.1, 0.15) is 5.75 Å². The first-order valence-electron chi connectivity index (χ1n) is 10.4. The first-order chi connectivity index (χ1) is 14.7. The van der Waals surface area contributed by atoms with Gasteiger partial charge < -0.3 is 24.7 Å². The molecule has 0 bridgehead atoms. The summed E-state index contributed by atoms with van der Waals surface area (Å²) in [4.78, 5) is 15.2. The maximum atomic E-state index is 5.89. The van der Waals surface area contributed by atoms with Crippen LogP contribution in [0.5, 0.6) is 5.75 Å². The first-order valence-corrected chi connectivity index (χ1v) is 11.4. The van der Waals surface area contributed by atoms with Crippen LogP contribution in [0, 0.1) is 6.92 Å². The third-order valence-electron chi connectivity index (χ3n) is 5.28. The Bertz CT molecular complexity index is 971. The number of thioether (sulfide) groups is 1. The maximum Gasteiger partial charge on any atom is 0.166 e. The average molecular weight is 428 g/mol. The molecule has 0 amide bonds. The quantitative estimate of drug-likeness (QED) is 0.400. The van der Waals surface area contributed by atoms with Crippen molar-refractivity contribution >= 4 is 28.5 Å². The van der Waals surface area contributed by atoms with Gasteiger partial charge in [0.05, 0.1) is 23.3 Å². The van der Waals surface area contributed by atoms with Crippen molar-refractivity contribution in [1.29, 1.82) is 0 Å². The van der Waals surface area contributed by atoms with Gasteiger partial charge in [-0.15, -0.1) is 0 Å². The molecule has 1 aliphatic heterocycles. The molecule has 160 valence electrons. The highest BCUT2D eigenvalue weighted by Crippen LogP contribution is 2.28. The zero-order chi connectivity index (χ0) is 20.8. The molecule has 30 heavy (non-hydrogen) atoms. The van der Waals surface area contributed by atoms with Crippen LogP contribution >= 0.6 is 11.8 Å². The largest absolute Gasteiger partial charge is 0.493 e. The topological polar surface area (TPSA) is 75.3 Å². The number of anilines is 1. The minimum absolute atomic E-state index is 0.643. The molecule has 0 saturated carbocycles. The lowest BCUT2D eigenvalue weighted by molar-refractivity contribution is 0.172. The van der Waals surface area contributed by atoms with Gasteiger partial charge >= 0.3 is 0 Å². The number of aromatic amines is 1. The Labute approximate surface area is 181 Å². The van der Waals surface area contributed by atoms with Crippen LogP contribution in [0.1, 0.15) is 17.7 Å². The summed E-state index contributed by atoms with van der Waals surface area (Å²) in [6.07, 6.45) is 2.68. The molecule has 4 rings (SSSR count). The van der Waals surface area contributed by atoms with Gasteiger partial charge in [0.2, 0.25) is 0 Å². The van der Waals surface area contributed by atoms with E-state index in [4.69, 9.17) is 14.5 Å². The van der Waals surface area contributed by atoms with E-state index >= 15 is 0 Å². The number of nitrogens with one attached hydrogen (secondary N) is 2. The van der Waals surface area contributed by atoms with Gasteiger partial charge in [-0.2, -0.15) is 0 Å². The predicted octanol–water partition coefficient (Wildman–Crippen LogP) is 3.38. The molecule has 0 unspecified atom stereocenters. The maximum absolute atomic E-state index is 5.89. The second kappa shape index (κ2) is 10.1. The number of piperazine rings is 1. The van der Waals surface area contributed by atoms with E-state index in [1.54, 1.807) is 18.9 Å². The fourth-order valence-electron chi connectivity index (χ4n) is 3.54. The number of methoxy groups -OCH3 is 1. The van der Waals surface area contributed by atoms with Gasteiger partial charge in [0.25, 0.3) is 0 Å². The number of fused-ring (bicyclic) bond motifs is 1. The Morgan fingerprint density at radius 3 is 2.87 bits per heavy atom. The standard InChI is InChI=1S/C22H29N5O2S/c1-16-20(24-7-6-21(16)29-13-3-12-28-2)15-30-22-25-18-5-4-17(14-19(18)26-22)27-10-8-23-9-11-27/h4-7,14,23H,3,8-13,15H2,1-2H3,(H,25,26). The molecular weight excluding hydrogens is 398 g/mol. The molecule has 0 spiro atoms. The number of H-pyrrole nitrogens is 1. The Kier molecular flexibility index (Phi) is 7.09. The van der Waals surface area contributed by atoms with E-state index < -0.39 is 0 Å². The van der Waals surface area contributed by atoms with E-state index in [-0.39, 0.29) is 0 Å². The van der Waals surface area contributed by atoms with Gasteiger partial charge in [0, 0.05) is 69.5 Å². The Morgan fingerprint density at radius 1 is 1.17 bits per heavy atom. The molecule has 3 aromatic rings. The van der Waals surface area contributed by atoms with E-state index in [0.29, 0.717) is 13.2 Å². The number of ether oxygens (including phenoxy) is 2. The second-order valence-corrected chi connectivity index (χ2v) is 8.31. The zero-order valence-electron chi connectivity index (χ0n) is 17.6. The number of rotatable bonds is 9. The summed E-state index contributed by atoms with van der Waals surface area (Å²) in [5.74, 6) is 1.63. The molecule has 1 aromatic carbocycles. The third kappa shape index (κ3) is 5.06. The molecule has 1 aliphatic rings. The lowest BCUT2D eigenvalue weighted by atomic mass is 10.2. The number of hydrogen-bond acceptors (Lipinski definition) is 7. The number of nitrogens with zero attached hydrogens (tertiary/aromatic N) is 3. The number of imidazole rings is 1. The molecule has 1 saturated heterocycles. The molecule has 3 heterocycles. The molecule has 2 N–H and O–H groups in total. The van der Waals surface area contributed by atoms with Crippen molar-refractivity contribution in [1.82, 2.24) is 20.3 Å². The molecule has 8 heteroatoms. The van der Waals surface area contributed by atoms with Crippen LogP contribution in [-0.4, -0.2) is 61.5 Å². The number of benzene rings is 1. The van der Waals surface area contributed by atoms with E-state index in [1.807, 2.05) is 12.3 Å². The van der Waals surface area contributed by atoms with Crippen LogP contribution in [0.3, 0.4) is 0 Å². The minimum Gasteiger partial charge on any atom is -0.493 e. The molecule has 1 fully saturated rings. The van der Waals surface area contributed by atoms with Crippen LogP contribution in [-0.2, 0) is 10.5 Å². The summed E-state index contributed by atoms with van der Waals surface area (Å²) in [7, 11) is 1.71. The number of aromatic nitrogens is 3. The zero-order valence-corrected chi connectivity index (χ0v) is 18.4. The van der Waals surface area contributed by atoms with Crippen molar-refractivity contribution < 1.29 is 9.47 Å². The van der Waals surface area contributed by atoms with E-state index in [2.05, 4.69) is 45.3 Å². The Morgan fingerprint density at radius 2 is 2.03 bits per heavy atom. The van der Waals surface area contributed by atoms with Gasteiger partial charge in [-0.1, -0.05) is 11.8 Å². The number of hydrogen-bond donors (Lipinski definition) is 2. The summed E-state index contributed by atoms with van der Waals surface area (Å²) in [5, 5.41) is 4.31. The highest BCUT2D eigenvalue weighted by Gasteiger charge is 2.13. The lowest BCUT2D eigenvalue weighted by Gasteiger charge is -2.29. The smallest absolute Gasteiger partial charge is 0.166 e. The fraction of sp³-hybridized carbons (Fsp3) is 0.455. The molecule has 2 aromatic heterocycles. The Hall–Kier alpha value is -2.29. The van der Waals surface area contributed by atoms with Gasteiger partial charge in [0.15, 0.2) is 5.16 Å². The highest BCUT2D eigenvalue weighted by molar-refractivity contribution is 7.98. The second-order valence-electron chi connectivity index (χ2n) is 7.34. The van der Waals surface area contributed by atoms with Crippen LogP contribution in [0.15, 0.2) is 35.6 Å². The van der Waals surface area contributed by atoms with Crippen LogP contribution in [0.4, 0.5) is 5.69 Å². The van der Waals surface area contributed by atoms with Crippen molar-refractivity contribution in [2.24, 2.45) is 0 Å². The number of pyridine rings is 1. The van der Waals surface area contributed by atoms with Crippen molar-refractivity contribution in [3.05, 3.63) is 41.7 Å². The van der Waals surface area contributed by atoms with Crippen molar-refractivity contribution in [3.8, 4) is 5.75 Å². The van der Waals surface area contributed by atoms with Gasteiger partial charge in [-0.25, -0.2) is 4.98 Å². The van der Waals surface area contributed by atoms with Crippen LogP contribution < -0.4 is 15.0 Å². The summed E-state index contributed by atoms with van der Waals surface area (Å²) in [6.45, 7) is 7.54. The lowest BCUT2D eigenvalue weighted by Crippen LogP contribution is -2.43. The third-order valence-corrected chi connectivity index (χ3v) is 6.17. The van der Waals surface area contributed by atoms with Gasteiger partial charge in [-0.05, 0) is 31.2 Å². The van der Waals surface area contributed by atoms with Crippen molar-refractivity contribution in [3.63, 3.8) is 0 Å². The van der Waals surface area contributed by atoms with Crippen LogP contribution in [0.25, 0.3) is 11.0 Å². The fourth-order valence-corrected chi connectivity index (χ4v) is 4.45. The minimum atomic E-state index is 0.643. The summed E-state index contributed by atoms with van der Waals surface area (Å²) >= 11 is 1.67. The monoisotopic (exact) mass is 427 g/mol. The molecule has 7 nitrogen and oxygen atoms in total. The predicted molar refractivity (Wildman–Crippen MR) is 122 cm³/mol.